The number of esters is 1. The zero-order valence-corrected chi connectivity index (χ0v) is 13.7. The highest BCUT2D eigenvalue weighted by molar-refractivity contribution is 6.25. The second-order valence-electron chi connectivity index (χ2n) is 5.44. The van der Waals surface area contributed by atoms with Gasteiger partial charge < -0.3 is 14.8 Å². The lowest BCUT2D eigenvalue weighted by Crippen LogP contribution is -2.10. The summed E-state index contributed by atoms with van der Waals surface area (Å²) in [5, 5.41) is 2.86. The van der Waals surface area contributed by atoms with Crippen LogP contribution in [0.4, 0.5) is 4.39 Å². The van der Waals surface area contributed by atoms with Gasteiger partial charge in [0, 0.05) is 12.6 Å². The lowest BCUT2D eigenvalue weighted by atomic mass is 9.96. The van der Waals surface area contributed by atoms with Gasteiger partial charge in [0.1, 0.15) is 5.82 Å². The minimum Gasteiger partial charge on any atom is -0.465 e. The third-order valence-electron chi connectivity index (χ3n) is 3.92. The number of nitrogens with one attached hydrogen (secondary N) is 1. The molecule has 2 aromatic rings. The fourth-order valence-corrected chi connectivity index (χ4v) is 2.71. The van der Waals surface area contributed by atoms with Crippen molar-refractivity contribution in [3.05, 3.63) is 76.9 Å². The molecule has 1 N–H and O–H groups in total. The Kier molecular flexibility index (Phi) is 4.52. The van der Waals surface area contributed by atoms with Crippen LogP contribution in [0.25, 0.3) is 5.57 Å². The summed E-state index contributed by atoms with van der Waals surface area (Å²) in [6.07, 6.45) is -0.861. The number of ether oxygens (including phenoxy) is 2. The highest BCUT2D eigenvalue weighted by Gasteiger charge is 2.37. The Morgan fingerprint density at radius 3 is 2.56 bits per heavy atom. The quantitative estimate of drug-likeness (QED) is 0.867. The second kappa shape index (κ2) is 6.76. The topological polar surface area (TPSA) is 64.6 Å². The number of hydrogen-bond donors (Lipinski definition) is 1. The third-order valence-corrected chi connectivity index (χ3v) is 3.92. The molecule has 0 bridgehead atoms. The largest absolute Gasteiger partial charge is 0.465 e. The molecule has 0 saturated carbocycles. The van der Waals surface area contributed by atoms with E-state index in [4.69, 9.17) is 9.47 Å². The molecule has 0 aliphatic carbocycles. The van der Waals surface area contributed by atoms with Crippen molar-refractivity contribution >= 4 is 17.3 Å². The van der Waals surface area contributed by atoms with E-state index in [9.17, 15) is 14.0 Å². The first kappa shape index (κ1) is 16.7. The van der Waals surface area contributed by atoms with E-state index >= 15 is 0 Å². The number of ketones is 1. The van der Waals surface area contributed by atoms with Crippen LogP contribution in [0.5, 0.6) is 0 Å². The van der Waals surface area contributed by atoms with E-state index < -0.39 is 12.1 Å². The molecular weight excluding hydrogens is 325 g/mol. The van der Waals surface area contributed by atoms with Gasteiger partial charge in [-0.1, -0.05) is 24.3 Å². The number of carbonyl (C=O) groups is 2. The molecule has 128 valence electrons. The molecule has 5 nitrogen and oxygen atoms in total. The van der Waals surface area contributed by atoms with Crippen LogP contribution >= 0.6 is 0 Å². The summed E-state index contributed by atoms with van der Waals surface area (Å²) in [4.78, 5) is 24.6. The van der Waals surface area contributed by atoms with E-state index in [1.165, 1.54) is 31.4 Å². The van der Waals surface area contributed by atoms with E-state index in [0.717, 1.165) is 0 Å². The van der Waals surface area contributed by atoms with Gasteiger partial charge in [-0.2, -0.15) is 0 Å². The molecule has 2 aromatic carbocycles. The fraction of sp³-hybridized carbons (Fsp3) is 0.158. The van der Waals surface area contributed by atoms with Gasteiger partial charge in [-0.3, -0.25) is 4.79 Å². The van der Waals surface area contributed by atoms with Gasteiger partial charge in [-0.05, 0) is 29.8 Å². The maximum absolute atomic E-state index is 13.1. The first-order chi connectivity index (χ1) is 12.0. The van der Waals surface area contributed by atoms with E-state index in [1.54, 1.807) is 31.3 Å². The molecule has 1 atom stereocenters. The van der Waals surface area contributed by atoms with E-state index in [1.807, 2.05) is 0 Å². The highest BCUT2D eigenvalue weighted by Crippen LogP contribution is 2.37. The summed E-state index contributed by atoms with van der Waals surface area (Å²) in [7, 11) is 2.93. The second-order valence-corrected chi connectivity index (χ2v) is 5.44. The Hall–Kier alpha value is -3.15. The molecule has 3 rings (SSSR count). The molecule has 0 spiro atoms. The third kappa shape index (κ3) is 3.10. The van der Waals surface area contributed by atoms with Gasteiger partial charge in [0.25, 0.3) is 0 Å². The van der Waals surface area contributed by atoms with Gasteiger partial charge in [0.15, 0.2) is 12.0 Å². The lowest BCUT2D eigenvalue weighted by molar-refractivity contribution is -0.120. The molecule has 0 aromatic heterocycles. The van der Waals surface area contributed by atoms with Crippen molar-refractivity contribution in [1.29, 1.82) is 0 Å². The first-order valence-corrected chi connectivity index (χ1v) is 7.62. The van der Waals surface area contributed by atoms with Crippen LogP contribution in [0.15, 0.2) is 54.4 Å². The molecule has 1 aliphatic rings. The van der Waals surface area contributed by atoms with Gasteiger partial charge in [0.2, 0.25) is 5.78 Å². The molecule has 0 radical (unpaired) electrons. The van der Waals surface area contributed by atoms with Crippen LogP contribution in [0.1, 0.15) is 27.6 Å². The maximum Gasteiger partial charge on any atom is 0.337 e. The minimum absolute atomic E-state index is 0.266. The molecule has 0 saturated heterocycles. The predicted octanol–water partition coefficient (Wildman–Crippen LogP) is 2.84. The summed E-state index contributed by atoms with van der Waals surface area (Å²) < 4.78 is 23.6. The van der Waals surface area contributed by atoms with Crippen LogP contribution in [0, 0.1) is 5.82 Å². The number of hydrogen-bond acceptors (Lipinski definition) is 5. The molecule has 0 fully saturated rings. The number of rotatable bonds is 4. The molecule has 6 heteroatoms. The zero-order valence-electron chi connectivity index (χ0n) is 13.7. The minimum atomic E-state index is -0.861. The van der Waals surface area contributed by atoms with E-state index in [0.29, 0.717) is 28.1 Å². The smallest absolute Gasteiger partial charge is 0.337 e. The van der Waals surface area contributed by atoms with Crippen LogP contribution in [-0.2, 0) is 14.3 Å². The molecule has 1 aliphatic heterocycles. The van der Waals surface area contributed by atoms with Gasteiger partial charge >= 0.3 is 5.97 Å². The van der Waals surface area contributed by atoms with Crippen LogP contribution < -0.4 is 5.32 Å². The molecule has 1 unspecified atom stereocenters. The predicted molar refractivity (Wildman–Crippen MR) is 89.0 cm³/mol. The van der Waals surface area contributed by atoms with Crippen molar-refractivity contribution < 1.29 is 23.5 Å². The zero-order chi connectivity index (χ0) is 18.0. The number of methoxy groups -OCH3 is 1. The summed E-state index contributed by atoms with van der Waals surface area (Å²) in [5.41, 5.74) is 1.77. The SMILES string of the molecule is CNC1=C(c2cccc(C(=O)OC)c2)C(=O)C(c2ccc(F)cc2)O1. The number of Topliss-reactive ketones (excluding diaryl/α,β-unsaturated/α-hetero) is 1. The summed E-state index contributed by atoms with van der Waals surface area (Å²) in [6, 6.07) is 12.1. The van der Waals surface area contributed by atoms with E-state index in [-0.39, 0.29) is 11.6 Å². The normalized spacial score (nSPS) is 16.6. The Bertz CT molecular complexity index is 858. The van der Waals surface area contributed by atoms with Crippen molar-refractivity contribution in [2.24, 2.45) is 0 Å². The maximum atomic E-state index is 13.1. The Morgan fingerprint density at radius 1 is 1.20 bits per heavy atom. The van der Waals surface area contributed by atoms with Gasteiger partial charge in [0.05, 0.1) is 18.2 Å². The van der Waals surface area contributed by atoms with Crippen LogP contribution in [0.3, 0.4) is 0 Å². The monoisotopic (exact) mass is 341 g/mol. The Morgan fingerprint density at radius 2 is 1.92 bits per heavy atom. The molecule has 25 heavy (non-hydrogen) atoms. The first-order valence-electron chi connectivity index (χ1n) is 7.62. The average molecular weight is 341 g/mol. The van der Waals surface area contributed by atoms with Crippen molar-refractivity contribution in [2.45, 2.75) is 6.10 Å². The molecule has 0 amide bonds. The van der Waals surface area contributed by atoms with Crippen LogP contribution in [-0.4, -0.2) is 25.9 Å². The van der Waals surface area contributed by atoms with Crippen molar-refractivity contribution in [2.75, 3.05) is 14.2 Å². The number of benzene rings is 2. The Balaban J connectivity index is 1.98. The summed E-state index contributed by atoms with van der Waals surface area (Å²) in [5.74, 6) is -0.837. The van der Waals surface area contributed by atoms with Crippen LogP contribution in [0.2, 0.25) is 0 Å². The highest BCUT2D eigenvalue weighted by atomic mass is 19.1. The van der Waals surface area contributed by atoms with E-state index in [2.05, 4.69) is 5.32 Å². The van der Waals surface area contributed by atoms with Crippen molar-refractivity contribution in [1.82, 2.24) is 5.32 Å². The molecular formula is C19H16FNO4. The van der Waals surface area contributed by atoms with Gasteiger partial charge in [-0.15, -0.1) is 0 Å². The van der Waals surface area contributed by atoms with Crippen molar-refractivity contribution in [3.8, 4) is 0 Å². The summed E-state index contributed by atoms with van der Waals surface area (Å²) >= 11 is 0. The average Bonchev–Trinajstić information content (AvgIpc) is 2.98. The Labute approximate surface area is 144 Å². The fourth-order valence-electron chi connectivity index (χ4n) is 2.71. The number of halogens is 1. The lowest BCUT2D eigenvalue weighted by Gasteiger charge is -2.11. The van der Waals surface area contributed by atoms with Gasteiger partial charge in [-0.25, -0.2) is 9.18 Å². The van der Waals surface area contributed by atoms with Crippen molar-refractivity contribution in [3.63, 3.8) is 0 Å². The standard InChI is InChI=1S/C19H16FNO4/c1-21-18-15(12-4-3-5-13(10-12)19(23)24-2)16(22)17(25-18)11-6-8-14(20)9-7-11/h3-10,17,21H,1-2H3. The number of carbonyl (C=O) groups excluding carboxylic acids is 2. The summed E-state index contributed by atoms with van der Waals surface area (Å²) in [6.45, 7) is 0. The molecule has 1 heterocycles.